The number of benzene rings is 2. The summed E-state index contributed by atoms with van der Waals surface area (Å²) in [6.07, 6.45) is 0.117. The van der Waals surface area contributed by atoms with E-state index in [-0.39, 0.29) is 59.9 Å². The molecule has 2 saturated heterocycles. The quantitative estimate of drug-likeness (QED) is 0.626. The molecule has 34 heavy (non-hydrogen) atoms. The van der Waals surface area contributed by atoms with Crippen molar-refractivity contribution < 1.29 is 31.7 Å². The number of hydrogen-bond acceptors (Lipinski definition) is 6. The third-order valence-corrected chi connectivity index (χ3v) is 6.19. The van der Waals surface area contributed by atoms with E-state index in [1.165, 1.54) is 4.90 Å². The fourth-order valence-electron chi connectivity index (χ4n) is 4.35. The van der Waals surface area contributed by atoms with Crippen molar-refractivity contribution in [2.75, 3.05) is 31.6 Å². The molecule has 0 spiro atoms. The monoisotopic (exact) mass is 472 g/mol. The third kappa shape index (κ3) is 4.53. The van der Waals surface area contributed by atoms with Crippen molar-refractivity contribution in [2.45, 2.75) is 38.5 Å². The van der Waals surface area contributed by atoms with Gasteiger partial charge in [-0.05, 0) is 30.1 Å². The summed E-state index contributed by atoms with van der Waals surface area (Å²) < 4.78 is 70.8. The van der Waals surface area contributed by atoms with Crippen molar-refractivity contribution >= 4 is 23.4 Å². The van der Waals surface area contributed by atoms with Gasteiger partial charge in [0.05, 0.1) is 21.4 Å². The molecule has 0 aliphatic carbocycles. The van der Waals surface area contributed by atoms with E-state index in [1.54, 1.807) is 0 Å². The standard InChI is InChI=1S/C25H27FN4O4/c26-20-12-16(14-29-8-10-34-11-9-29)4-5-17(20)13-27-21-3-1-2-18-19(21)15-30(25(18)33)22-6-7-23(31)28-24(22)32/h1-5,12,22,27H,6-11,13-15H2,(H,28,31,32)/t22-/m0/s1/i1D,2D,3D,4D,5D,12D. The van der Waals surface area contributed by atoms with Gasteiger partial charge in [0.15, 0.2) is 0 Å². The van der Waals surface area contributed by atoms with Crippen LogP contribution in [0, 0.1) is 5.82 Å². The number of anilines is 1. The number of morpholine rings is 1. The normalized spacial score (nSPS) is 23.4. The number of imide groups is 1. The van der Waals surface area contributed by atoms with Crippen LogP contribution < -0.4 is 10.6 Å². The van der Waals surface area contributed by atoms with Crippen LogP contribution in [0.25, 0.3) is 0 Å². The Balaban J connectivity index is 1.45. The van der Waals surface area contributed by atoms with E-state index < -0.39 is 66.3 Å². The lowest BCUT2D eigenvalue weighted by atomic mass is 10.0. The van der Waals surface area contributed by atoms with Crippen molar-refractivity contribution in [3.05, 3.63) is 64.3 Å². The van der Waals surface area contributed by atoms with Gasteiger partial charge in [-0.15, -0.1) is 0 Å². The van der Waals surface area contributed by atoms with Crippen molar-refractivity contribution in [1.29, 1.82) is 0 Å². The number of nitrogens with zero attached hydrogens (tertiary/aromatic N) is 2. The fourth-order valence-corrected chi connectivity index (χ4v) is 4.35. The fraction of sp³-hybridized carbons (Fsp3) is 0.400. The van der Waals surface area contributed by atoms with Gasteiger partial charge in [-0.3, -0.25) is 24.6 Å². The molecular formula is C25H27FN4O4. The van der Waals surface area contributed by atoms with Gasteiger partial charge in [-0.2, -0.15) is 0 Å². The Kier molecular flexibility index (Phi) is 4.58. The van der Waals surface area contributed by atoms with Crippen LogP contribution >= 0.6 is 0 Å². The van der Waals surface area contributed by atoms with Crippen molar-refractivity contribution in [3.63, 3.8) is 0 Å². The molecule has 3 aliphatic rings. The number of fused-ring (bicyclic) bond motifs is 1. The predicted octanol–water partition coefficient (Wildman–Crippen LogP) is 2.03. The Morgan fingerprint density at radius 1 is 1.18 bits per heavy atom. The first kappa shape index (κ1) is 16.3. The molecule has 9 heteroatoms. The first-order chi connectivity index (χ1) is 19.0. The number of rotatable bonds is 6. The summed E-state index contributed by atoms with van der Waals surface area (Å²) in [5.74, 6) is -2.78. The Morgan fingerprint density at radius 3 is 2.79 bits per heavy atom. The first-order valence-electron chi connectivity index (χ1n) is 14.1. The largest absolute Gasteiger partial charge is 0.381 e. The van der Waals surface area contributed by atoms with Crippen LogP contribution in [0.3, 0.4) is 0 Å². The summed E-state index contributed by atoms with van der Waals surface area (Å²) in [4.78, 5) is 40.4. The molecule has 2 N–H and O–H groups in total. The SMILES string of the molecule is [2H]c1c([2H])c(NCc2c([2H])c([2H])c(CN3CCOCC3)c([2H])c2F)c2c(c1[2H])C(=O)N([C@H]1CCC(=O)NC1=O)C2. The number of halogens is 1. The molecule has 0 radical (unpaired) electrons. The highest BCUT2D eigenvalue weighted by molar-refractivity contribution is 6.06. The van der Waals surface area contributed by atoms with Crippen molar-refractivity contribution in [2.24, 2.45) is 0 Å². The maximum absolute atomic E-state index is 15.4. The van der Waals surface area contributed by atoms with E-state index in [2.05, 4.69) is 10.6 Å². The minimum atomic E-state index is -0.982. The topological polar surface area (TPSA) is 91.0 Å². The molecule has 3 amide bonds. The number of carbonyl (C=O) groups is 3. The predicted molar refractivity (Wildman–Crippen MR) is 122 cm³/mol. The Morgan fingerprint density at radius 2 is 2.00 bits per heavy atom. The molecule has 0 bridgehead atoms. The van der Waals surface area contributed by atoms with Crippen LogP contribution in [0.15, 0.2) is 36.3 Å². The zero-order chi connectivity index (χ0) is 28.9. The molecule has 2 fully saturated rings. The van der Waals surface area contributed by atoms with Gasteiger partial charge >= 0.3 is 0 Å². The highest BCUT2D eigenvalue weighted by Gasteiger charge is 2.39. The third-order valence-electron chi connectivity index (χ3n) is 6.19. The van der Waals surface area contributed by atoms with Crippen LogP contribution in [0.2, 0.25) is 0 Å². The summed E-state index contributed by atoms with van der Waals surface area (Å²) in [6.45, 7) is 1.63. The van der Waals surface area contributed by atoms with Gasteiger partial charge in [-0.25, -0.2) is 4.39 Å². The summed E-state index contributed by atoms with van der Waals surface area (Å²) in [6, 6.07) is -3.62. The number of piperidine rings is 1. The van der Waals surface area contributed by atoms with Crippen molar-refractivity contribution in [1.82, 2.24) is 15.1 Å². The van der Waals surface area contributed by atoms with Crippen LogP contribution in [0.1, 0.15) is 48.1 Å². The van der Waals surface area contributed by atoms with E-state index in [0.29, 0.717) is 26.3 Å². The Labute approximate surface area is 205 Å². The van der Waals surface area contributed by atoms with Gasteiger partial charge in [0.1, 0.15) is 11.9 Å². The molecule has 2 aromatic carbocycles. The van der Waals surface area contributed by atoms with Crippen molar-refractivity contribution in [3.8, 4) is 0 Å². The summed E-state index contributed by atoms with van der Waals surface area (Å²) in [5, 5.41) is 5.01. The van der Waals surface area contributed by atoms with Gasteiger partial charge in [0.2, 0.25) is 11.8 Å². The van der Waals surface area contributed by atoms with Crippen LogP contribution in [0.5, 0.6) is 0 Å². The highest BCUT2D eigenvalue weighted by atomic mass is 19.1. The number of hydrogen-bond donors (Lipinski definition) is 2. The van der Waals surface area contributed by atoms with E-state index in [1.807, 2.05) is 4.90 Å². The second kappa shape index (κ2) is 9.52. The molecule has 178 valence electrons. The number of carbonyl (C=O) groups excluding carboxylic acids is 3. The molecule has 2 aromatic rings. The number of ether oxygens (including phenoxy) is 1. The lowest BCUT2D eigenvalue weighted by Gasteiger charge is -2.29. The average Bonchev–Trinajstić information content (AvgIpc) is 3.27. The minimum Gasteiger partial charge on any atom is -0.381 e. The summed E-state index contributed by atoms with van der Waals surface area (Å²) in [5.41, 5.74) is -0.209. The van der Waals surface area contributed by atoms with E-state index in [9.17, 15) is 14.4 Å². The molecule has 5 rings (SSSR count). The molecule has 3 heterocycles. The lowest BCUT2D eigenvalue weighted by Crippen LogP contribution is -2.52. The highest BCUT2D eigenvalue weighted by Crippen LogP contribution is 2.32. The van der Waals surface area contributed by atoms with Gasteiger partial charge in [0, 0.05) is 61.5 Å². The van der Waals surface area contributed by atoms with Gasteiger partial charge < -0.3 is 15.0 Å². The van der Waals surface area contributed by atoms with E-state index in [4.69, 9.17) is 13.0 Å². The summed E-state index contributed by atoms with van der Waals surface area (Å²) in [7, 11) is 0. The molecule has 1 atom stereocenters. The molecule has 0 saturated carbocycles. The van der Waals surface area contributed by atoms with E-state index >= 15 is 4.39 Å². The summed E-state index contributed by atoms with van der Waals surface area (Å²) >= 11 is 0. The van der Waals surface area contributed by atoms with Crippen LogP contribution in [-0.4, -0.2) is 59.9 Å². The Hall–Kier alpha value is -3.30. The molecule has 3 aliphatic heterocycles. The van der Waals surface area contributed by atoms with Gasteiger partial charge in [-0.1, -0.05) is 18.1 Å². The van der Waals surface area contributed by atoms with Crippen LogP contribution in [-0.2, 0) is 34.0 Å². The first-order valence-corrected chi connectivity index (χ1v) is 11.1. The zero-order valence-corrected chi connectivity index (χ0v) is 18.3. The molecule has 0 unspecified atom stereocenters. The Bertz CT molecular complexity index is 1410. The maximum atomic E-state index is 15.4. The smallest absolute Gasteiger partial charge is 0.255 e. The van der Waals surface area contributed by atoms with Gasteiger partial charge in [0.25, 0.3) is 5.91 Å². The van der Waals surface area contributed by atoms with Crippen LogP contribution in [0.4, 0.5) is 10.1 Å². The minimum absolute atomic E-state index is 0.0285. The van der Waals surface area contributed by atoms with E-state index in [0.717, 1.165) is 0 Å². The molecule has 0 aromatic heterocycles. The zero-order valence-electron chi connectivity index (χ0n) is 24.3. The second-order valence-corrected chi connectivity index (χ2v) is 8.39. The molecule has 8 nitrogen and oxygen atoms in total. The average molecular weight is 473 g/mol. The maximum Gasteiger partial charge on any atom is 0.255 e. The number of nitrogens with one attached hydrogen (secondary N) is 2. The number of amides is 3. The molecular weight excluding hydrogens is 439 g/mol. The second-order valence-electron chi connectivity index (χ2n) is 8.39. The lowest BCUT2D eigenvalue weighted by molar-refractivity contribution is -0.136.